The number of alkyl halides is 2. The zero-order valence-electron chi connectivity index (χ0n) is 14.6. The molecule has 0 aliphatic rings. The molecule has 0 spiro atoms. The summed E-state index contributed by atoms with van der Waals surface area (Å²) in [5, 5.41) is 9.37. The van der Waals surface area contributed by atoms with Crippen LogP contribution in [-0.4, -0.2) is 34.8 Å². The number of aromatic nitrogens is 2. The van der Waals surface area contributed by atoms with Gasteiger partial charge in [-0.2, -0.15) is 13.9 Å². The third-order valence-corrected chi connectivity index (χ3v) is 3.41. The van der Waals surface area contributed by atoms with Gasteiger partial charge in [0.2, 0.25) is 0 Å². The largest absolute Gasteiger partial charge is 0.435 e. The summed E-state index contributed by atoms with van der Waals surface area (Å²) in [5.41, 5.74) is 0.701. The highest BCUT2D eigenvalue weighted by Gasteiger charge is 2.19. The van der Waals surface area contributed by atoms with Gasteiger partial charge in [-0.3, -0.25) is 14.3 Å². The number of carbonyl (C=O) groups excluding carboxylic acids is 2. The predicted molar refractivity (Wildman–Crippen MR) is 91.4 cm³/mol. The molecule has 2 aromatic rings. The predicted octanol–water partition coefficient (Wildman–Crippen LogP) is 2.66. The molecule has 0 saturated heterocycles. The molecule has 26 heavy (non-hydrogen) atoms. The van der Waals surface area contributed by atoms with Gasteiger partial charge in [0, 0.05) is 19.2 Å². The zero-order valence-corrected chi connectivity index (χ0v) is 14.6. The molecule has 0 fully saturated rings. The first kappa shape index (κ1) is 19.4. The summed E-state index contributed by atoms with van der Waals surface area (Å²) >= 11 is 0. The Morgan fingerprint density at radius 3 is 2.42 bits per heavy atom. The molecule has 1 aromatic carbocycles. The molecule has 0 radical (unpaired) electrons. The Hall–Kier alpha value is -2.97. The van der Waals surface area contributed by atoms with Crippen LogP contribution in [0.2, 0.25) is 0 Å². The van der Waals surface area contributed by atoms with Crippen LogP contribution in [0.3, 0.4) is 0 Å². The molecule has 1 aromatic heterocycles. The Morgan fingerprint density at radius 1 is 1.19 bits per heavy atom. The van der Waals surface area contributed by atoms with E-state index in [0.717, 1.165) is 0 Å². The van der Waals surface area contributed by atoms with Crippen molar-refractivity contribution in [3.8, 4) is 5.75 Å². The fraction of sp³-hybridized carbons (Fsp3) is 0.353. The number of halogens is 2. The maximum absolute atomic E-state index is 12.3. The third kappa shape index (κ3) is 5.01. The molecule has 0 atom stereocenters. The molecule has 2 N–H and O–H groups in total. The van der Waals surface area contributed by atoms with E-state index in [9.17, 15) is 18.4 Å². The van der Waals surface area contributed by atoms with Crippen LogP contribution in [0.25, 0.3) is 0 Å². The van der Waals surface area contributed by atoms with Gasteiger partial charge in [0.15, 0.2) is 0 Å². The van der Waals surface area contributed by atoms with Crippen LogP contribution in [0.1, 0.15) is 34.7 Å². The topological polar surface area (TPSA) is 85.2 Å². The second kappa shape index (κ2) is 8.41. The van der Waals surface area contributed by atoms with Gasteiger partial charge in [-0.05, 0) is 30.2 Å². The van der Waals surface area contributed by atoms with Crippen LogP contribution in [0, 0.1) is 5.92 Å². The fourth-order valence-electron chi connectivity index (χ4n) is 2.16. The van der Waals surface area contributed by atoms with E-state index in [1.807, 2.05) is 13.8 Å². The van der Waals surface area contributed by atoms with E-state index >= 15 is 0 Å². The minimum absolute atomic E-state index is 0.0494. The lowest BCUT2D eigenvalue weighted by atomic mass is 10.2. The number of rotatable bonds is 7. The number of hydrogen-bond donors (Lipinski definition) is 2. The van der Waals surface area contributed by atoms with Crippen LogP contribution in [0.4, 0.5) is 14.5 Å². The first-order chi connectivity index (χ1) is 12.3. The standard InChI is InChI=1S/C17H20F2N4O3/c1-10(2)8-20-16(25)14-13(9-21-23(14)3)22-15(24)11-4-6-12(7-5-11)26-17(18)19/h4-7,9-10,17H,8H2,1-3H3,(H,20,25)(H,22,24). The van der Waals surface area contributed by atoms with E-state index in [1.165, 1.54) is 35.1 Å². The number of nitrogens with one attached hydrogen (secondary N) is 2. The summed E-state index contributed by atoms with van der Waals surface area (Å²) < 4.78 is 29.9. The van der Waals surface area contributed by atoms with Gasteiger partial charge in [-0.15, -0.1) is 0 Å². The molecule has 1 heterocycles. The van der Waals surface area contributed by atoms with E-state index in [2.05, 4.69) is 20.5 Å². The average Bonchev–Trinajstić information content (AvgIpc) is 2.93. The van der Waals surface area contributed by atoms with Crippen molar-refractivity contribution in [3.05, 3.63) is 41.7 Å². The summed E-state index contributed by atoms with van der Waals surface area (Å²) in [6.07, 6.45) is 1.37. The number of nitrogens with zero attached hydrogens (tertiary/aromatic N) is 2. The lowest BCUT2D eigenvalue weighted by molar-refractivity contribution is -0.0498. The van der Waals surface area contributed by atoms with Gasteiger partial charge >= 0.3 is 6.61 Å². The highest BCUT2D eigenvalue weighted by atomic mass is 19.3. The summed E-state index contributed by atoms with van der Waals surface area (Å²) in [6.45, 7) is 1.49. The maximum atomic E-state index is 12.3. The molecule has 7 nitrogen and oxygen atoms in total. The summed E-state index contributed by atoms with van der Waals surface area (Å²) in [4.78, 5) is 24.6. The molecule has 0 saturated carbocycles. The van der Waals surface area contributed by atoms with E-state index in [-0.39, 0.29) is 34.5 Å². The van der Waals surface area contributed by atoms with Crippen molar-refractivity contribution in [2.24, 2.45) is 13.0 Å². The monoisotopic (exact) mass is 366 g/mol. The Bertz CT molecular complexity index is 773. The molecule has 2 amide bonds. The van der Waals surface area contributed by atoms with Gasteiger partial charge in [-0.1, -0.05) is 13.8 Å². The fourth-order valence-corrected chi connectivity index (χ4v) is 2.16. The minimum Gasteiger partial charge on any atom is -0.435 e. The summed E-state index contributed by atoms with van der Waals surface area (Å²) in [6, 6.07) is 5.23. The Kier molecular flexibility index (Phi) is 6.26. The van der Waals surface area contributed by atoms with E-state index < -0.39 is 12.5 Å². The van der Waals surface area contributed by atoms with Gasteiger partial charge < -0.3 is 15.4 Å². The number of anilines is 1. The molecular formula is C17H20F2N4O3. The first-order valence-electron chi connectivity index (χ1n) is 7.94. The molecule has 0 bridgehead atoms. The number of benzene rings is 1. The smallest absolute Gasteiger partial charge is 0.387 e. The van der Waals surface area contributed by atoms with E-state index in [0.29, 0.717) is 6.54 Å². The van der Waals surface area contributed by atoms with E-state index in [4.69, 9.17) is 0 Å². The van der Waals surface area contributed by atoms with Crippen molar-refractivity contribution in [1.82, 2.24) is 15.1 Å². The lowest BCUT2D eigenvalue weighted by Crippen LogP contribution is -2.30. The van der Waals surface area contributed by atoms with Crippen LogP contribution >= 0.6 is 0 Å². The summed E-state index contributed by atoms with van der Waals surface area (Å²) in [5.74, 6) is -0.625. The summed E-state index contributed by atoms with van der Waals surface area (Å²) in [7, 11) is 1.59. The van der Waals surface area contributed by atoms with Crippen LogP contribution < -0.4 is 15.4 Å². The highest BCUT2D eigenvalue weighted by molar-refractivity contribution is 6.08. The number of carbonyl (C=O) groups is 2. The second-order valence-electron chi connectivity index (χ2n) is 5.99. The van der Waals surface area contributed by atoms with Crippen molar-refractivity contribution >= 4 is 17.5 Å². The van der Waals surface area contributed by atoms with Crippen molar-refractivity contribution in [1.29, 1.82) is 0 Å². The molecule has 140 valence electrons. The number of hydrogen-bond acceptors (Lipinski definition) is 4. The Balaban J connectivity index is 2.11. The van der Waals surface area contributed by atoms with Crippen LogP contribution in [0.5, 0.6) is 5.75 Å². The number of amides is 2. The molecule has 0 aliphatic heterocycles. The highest BCUT2D eigenvalue weighted by Crippen LogP contribution is 2.18. The SMILES string of the molecule is CC(C)CNC(=O)c1c(NC(=O)c2ccc(OC(F)F)cc2)cnn1C. The van der Waals surface area contributed by atoms with Crippen molar-refractivity contribution < 1.29 is 23.1 Å². The third-order valence-electron chi connectivity index (χ3n) is 3.41. The van der Waals surface area contributed by atoms with Gasteiger partial charge in [-0.25, -0.2) is 0 Å². The lowest BCUT2D eigenvalue weighted by Gasteiger charge is -2.10. The second-order valence-corrected chi connectivity index (χ2v) is 5.99. The van der Waals surface area contributed by atoms with Gasteiger partial charge in [0.1, 0.15) is 11.4 Å². The Morgan fingerprint density at radius 2 is 1.85 bits per heavy atom. The zero-order chi connectivity index (χ0) is 19.3. The minimum atomic E-state index is -2.93. The maximum Gasteiger partial charge on any atom is 0.387 e. The van der Waals surface area contributed by atoms with Crippen molar-refractivity contribution in [2.75, 3.05) is 11.9 Å². The van der Waals surface area contributed by atoms with Crippen molar-refractivity contribution in [3.63, 3.8) is 0 Å². The molecule has 0 aliphatic carbocycles. The molecular weight excluding hydrogens is 346 g/mol. The Labute approximate surface area is 149 Å². The quantitative estimate of drug-likeness (QED) is 0.789. The van der Waals surface area contributed by atoms with Crippen LogP contribution in [-0.2, 0) is 7.05 Å². The normalized spacial score (nSPS) is 10.9. The van der Waals surface area contributed by atoms with Gasteiger partial charge in [0.05, 0.1) is 11.9 Å². The molecule has 9 heteroatoms. The van der Waals surface area contributed by atoms with Crippen molar-refractivity contribution in [2.45, 2.75) is 20.5 Å². The van der Waals surface area contributed by atoms with Crippen LogP contribution in [0.15, 0.2) is 30.5 Å². The molecule has 0 unspecified atom stereocenters. The number of ether oxygens (including phenoxy) is 1. The molecule has 2 rings (SSSR count). The van der Waals surface area contributed by atoms with E-state index in [1.54, 1.807) is 7.05 Å². The first-order valence-corrected chi connectivity index (χ1v) is 7.94. The number of aryl methyl sites for hydroxylation is 1. The van der Waals surface area contributed by atoms with Gasteiger partial charge in [0.25, 0.3) is 11.8 Å². The average molecular weight is 366 g/mol.